The Morgan fingerprint density at radius 1 is 1.33 bits per heavy atom. The maximum absolute atomic E-state index is 13.5. The van der Waals surface area contributed by atoms with Gasteiger partial charge >= 0.3 is 0 Å². The number of ether oxygens (including phenoxy) is 1. The van der Waals surface area contributed by atoms with Gasteiger partial charge < -0.3 is 10.1 Å². The molecule has 1 aromatic carbocycles. The fourth-order valence-corrected chi connectivity index (χ4v) is 2.37. The van der Waals surface area contributed by atoms with E-state index in [1.54, 1.807) is 6.07 Å². The van der Waals surface area contributed by atoms with E-state index in [4.69, 9.17) is 4.74 Å². The van der Waals surface area contributed by atoms with E-state index in [-0.39, 0.29) is 5.82 Å². The third-order valence-electron chi connectivity index (χ3n) is 3.03. The summed E-state index contributed by atoms with van der Waals surface area (Å²) in [6.07, 6.45) is 0. The summed E-state index contributed by atoms with van der Waals surface area (Å²) in [6.45, 7) is 6.04. The molecular formula is C13H18BrFN2O. The van der Waals surface area contributed by atoms with Crippen LogP contribution in [0.15, 0.2) is 22.7 Å². The van der Waals surface area contributed by atoms with Gasteiger partial charge in [-0.1, -0.05) is 15.9 Å². The second-order valence-electron chi connectivity index (χ2n) is 4.37. The van der Waals surface area contributed by atoms with Crippen molar-refractivity contribution < 1.29 is 9.13 Å². The molecule has 1 aromatic rings. The Bertz CT molecular complexity index is 383. The lowest BCUT2D eigenvalue weighted by atomic mass is 10.2. The maximum atomic E-state index is 13.5. The van der Waals surface area contributed by atoms with E-state index in [0.717, 1.165) is 43.9 Å². The Morgan fingerprint density at radius 2 is 2.11 bits per heavy atom. The van der Waals surface area contributed by atoms with Gasteiger partial charge in [-0.05, 0) is 18.2 Å². The van der Waals surface area contributed by atoms with Gasteiger partial charge in [-0.25, -0.2) is 4.39 Å². The molecule has 0 radical (unpaired) electrons. The van der Waals surface area contributed by atoms with Crippen LogP contribution in [-0.2, 0) is 11.3 Å². The normalized spacial score (nSPS) is 17.0. The van der Waals surface area contributed by atoms with Gasteiger partial charge in [0, 0.05) is 42.8 Å². The van der Waals surface area contributed by atoms with Gasteiger partial charge in [-0.2, -0.15) is 0 Å². The second kappa shape index (κ2) is 7.19. The summed E-state index contributed by atoms with van der Waals surface area (Å²) in [7, 11) is 0. The molecule has 0 bridgehead atoms. The quantitative estimate of drug-likeness (QED) is 0.841. The minimum absolute atomic E-state index is 0.155. The van der Waals surface area contributed by atoms with Gasteiger partial charge in [-0.15, -0.1) is 0 Å². The van der Waals surface area contributed by atoms with E-state index >= 15 is 0 Å². The molecule has 0 saturated carbocycles. The molecule has 0 atom stereocenters. The molecule has 0 amide bonds. The average Bonchev–Trinajstić information content (AvgIpc) is 2.40. The molecule has 0 unspecified atom stereocenters. The molecule has 2 rings (SSSR count). The Balaban J connectivity index is 1.69. The number of hydrogen-bond donors (Lipinski definition) is 1. The maximum Gasteiger partial charge on any atom is 0.127 e. The van der Waals surface area contributed by atoms with Crippen LogP contribution in [0, 0.1) is 5.82 Å². The van der Waals surface area contributed by atoms with Crippen molar-refractivity contribution >= 4 is 15.9 Å². The summed E-state index contributed by atoms with van der Waals surface area (Å²) in [4.78, 5) is 2.35. The second-order valence-corrected chi connectivity index (χ2v) is 5.28. The van der Waals surface area contributed by atoms with Crippen molar-refractivity contribution in [2.75, 3.05) is 39.4 Å². The number of nitrogens with zero attached hydrogens (tertiary/aromatic N) is 1. The first-order chi connectivity index (χ1) is 8.75. The zero-order valence-corrected chi connectivity index (χ0v) is 11.9. The van der Waals surface area contributed by atoms with E-state index in [1.807, 2.05) is 6.07 Å². The van der Waals surface area contributed by atoms with Crippen molar-refractivity contribution in [1.82, 2.24) is 10.2 Å². The van der Waals surface area contributed by atoms with Crippen LogP contribution in [0.2, 0.25) is 0 Å². The molecule has 0 aliphatic carbocycles. The highest BCUT2D eigenvalue weighted by molar-refractivity contribution is 9.10. The van der Waals surface area contributed by atoms with Crippen molar-refractivity contribution in [3.63, 3.8) is 0 Å². The van der Waals surface area contributed by atoms with Gasteiger partial charge in [0.15, 0.2) is 0 Å². The van der Waals surface area contributed by atoms with Gasteiger partial charge in [0.2, 0.25) is 0 Å². The highest BCUT2D eigenvalue weighted by atomic mass is 79.9. The first-order valence-electron chi connectivity index (χ1n) is 6.20. The van der Waals surface area contributed by atoms with Crippen LogP contribution in [-0.4, -0.2) is 44.3 Å². The number of rotatable bonds is 5. The highest BCUT2D eigenvalue weighted by Crippen LogP contribution is 2.15. The zero-order chi connectivity index (χ0) is 12.8. The Kier molecular flexibility index (Phi) is 5.56. The third kappa shape index (κ3) is 4.31. The van der Waals surface area contributed by atoms with Gasteiger partial charge in [-0.3, -0.25) is 4.90 Å². The standard InChI is InChI=1S/C13H18BrFN2O/c14-12-1-2-13(15)11(9-12)10-16-3-4-17-5-7-18-8-6-17/h1-2,9,16H,3-8,10H2. The van der Waals surface area contributed by atoms with Crippen molar-refractivity contribution in [2.24, 2.45) is 0 Å². The summed E-state index contributed by atoms with van der Waals surface area (Å²) >= 11 is 3.35. The van der Waals surface area contributed by atoms with Gasteiger partial charge in [0.05, 0.1) is 13.2 Å². The van der Waals surface area contributed by atoms with Gasteiger partial charge in [0.25, 0.3) is 0 Å². The third-order valence-corrected chi connectivity index (χ3v) is 3.52. The van der Waals surface area contributed by atoms with Crippen LogP contribution >= 0.6 is 15.9 Å². The van der Waals surface area contributed by atoms with Crippen LogP contribution in [0.25, 0.3) is 0 Å². The zero-order valence-electron chi connectivity index (χ0n) is 10.3. The molecule has 5 heteroatoms. The molecule has 0 aromatic heterocycles. The minimum Gasteiger partial charge on any atom is -0.379 e. The molecule has 100 valence electrons. The lowest BCUT2D eigenvalue weighted by Gasteiger charge is -2.26. The number of benzene rings is 1. The predicted octanol–water partition coefficient (Wildman–Crippen LogP) is 2.01. The Hall–Kier alpha value is -0.490. The van der Waals surface area contributed by atoms with Crippen LogP contribution in [0.5, 0.6) is 0 Å². The first-order valence-corrected chi connectivity index (χ1v) is 7.00. The van der Waals surface area contributed by atoms with Crippen molar-refractivity contribution in [1.29, 1.82) is 0 Å². The SMILES string of the molecule is Fc1ccc(Br)cc1CNCCN1CCOCC1. The number of hydrogen-bond acceptors (Lipinski definition) is 3. The van der Waals surface area contributed by atoms with Crippen LogP contribution in [0.3, 0.4) is 0 Å². The smallest absolute Gasteiger partial charge is 0.127 e. The van der Waals surface area contributed by atoms with Crippen molar-refractivity contribution in [3.8, 4) is 0 Å². The fraction of sp³-hybridized carbons (Fsp3) is 0.538. The van der Waals surface area contributed by atoms with Crippen LogP contribution in [0.4, 0.5) is 4.39 Å². The number of nitrogens with one attached hydrogen (secondary N) is 1. The summed E-state index contributed by atoms with van der Waals surface area (Å²) < 4.78 is 19.7. The molecule has 1 aliphatic rings. The lowest BCUT2D eigenvalue weighted by molar-refractivity contribution is 0.0384. The summed E-state index contributed by atoms with van der Waals surface area (Å²) in [5, 5.41) is 3.27. The monoisotopic (exact) mass is 316 g/mol. The lowest BCUT2D eigenvalue weighted by Crippen LogP contribution is -2.40. The number of morpholine rings is 1. The highest BCUT2D eigenvalue weighted by Gasteiger charge is 2.09. The summed E-state index contributed by atoms with van der Waals surface area (Å²) in [5.41, 5.74) is 0.700. The minimum atomic E-state index is -0.155. The van der Waals surface area contributed by atoms with E-state index in [2.05, 4.69) is 26.1 Å². The molecular weight excluding hydrogens is 299 g/mol. The molecule has 0 spiro atoms. The van der Waals surface area contributed by atoms with E-state index < -0.39 is 0 Å². The topological polar surface area (TPSA) is 24.5 Å². The summed E-state index contributed by atoms with van der Waals surface area (Å²) in [6, 6.07) is 5.02. The molecule has 3 nitrogen and oxygen atoms in total. The average molecular weight is 317 g/mol. The Labute approximate surface area is 115 Å². The Morgan fingerprint density at radius 3 is 2.89 bits per heavy atom. The molecule has 1 heterocycles. The summed E-state index contributed by atoms with van der Waals surface area (Å²) in [5.74, 6) is -0.155. The number of halogens is 2. The van der Waals surface area contributed by atoms with E-state index in [0.29, 0.717) is 12.1 Å². The molecule has 1 saturated heterocycles. The van der Waals surface area contributed by atoms with Crippen molar-refractivity contribution in [2.45, 2.75) is 6.54 Å². The molecule has 1 aliphatic heterocycles. The van der Waals surface area contributed by atoms with Crippen molar-refractivity contribution in [3.05, 3.63) is 34.1 Å². The van der Waals surface area contributed by atoms with E-state index in [9.17, 15) is 4.39 Å². The van der Waals surface area contributed by atoms with Crippen LogP contribution in [0.1, 0.15) is 5.56 Å². The molecule has 1 fully saturated rings. The predicted molar refractivity (Wildman–Crippen MR) is 73.1 cm³/mol. The van der Waals surface area contributed by atoms with Gasteiger partial charge in [0.1, 0.15) is 5.82 Å². The van der Waals surface area contributed by atoms with E-state index in [1.165, 1.54) is 6.07 Å². The molecule has 1 N–H and O–H groups in total. The largest absolute Gasteiger partial charge is 0.379 e. The van der Waals surface area contributed by atoms with Crippen LogP contribution < -0.4 is 5.32 Å². The molecule has 18 heavy (non-hydrogen) atoms. The fourth-order valence-electron chi connectivity index (χ4n) is 1.96. The first kappa shape index (κ1) is 13.9.